The van der Waals surface area contributed by atoms with E-state index in [-0.39, 0.29) is 31.1 Å². The highest BCUT2D eigenvalue weighted by Crippen LogP contribution is 2.17. The highest BCUT2D eigenvalue weighted by atomic mass is 16.6. The molecule has 6 nitrogen and oxygen atoms in total. The van der Waals surface area contributed by atoms with Crippen LogP contribution in [0, 0.1) is 0 Å². The van der Waals surface area contributed by atoms with Crippen LogP contribution in [0.5, 0.6) is 0 Å². The average Bonchev–Trinajstić information content (AvgIpc) is 3.49. The molecule has 0 rings (SSSR count). The fourth-order valence-corrected chi connectivity index (χ4v) is 9.95. The van der Waals surface area contributed by atoms with Crippen LogP contribution in [0.25, 0.3) is 0 Å². The maximum atomic E-state index is 13.0. The van der Waals surface area contributed by atoms with E-state index in [1.54, 1.807) is 0 Å². The predicted molar refractivity (Wildman–Crippen MR) is 362 cm³/mol. The summed E-state index contributed by atoms with van der Waals surface area (Å²) in [5, 5.41) is 0. The monoisotopic (exact) mass is 1150 g/mol. The van der Waals surface area contributed by atoms with E-state index in [0.717, 1.165) is 128 Å². The quantitative estimate of drug-likeness (QED) is 0.0261. The number of ether oxygens (including phenoxy) is 3. The first-order valence-corrected chi connectivity index (χ1v) is 35.4. The molecule has 0 aromatic carbocycles. The van der Waals surface area contributed by atoms with Crippen LogP contribution in [-0.4, -0.2) is 37.2 Å². The fourth-order valence-electron chi connectivity index (χ4n) is 9.95. The maximum Gasteiger partial charge on any atom is 0.306 e. The van der Waals surface area contributed by atoms with Crippen molar-refractivity contribution in [2.24, 2.45) is 0 Å². The van der Waals surface area contributed by atoms with E-state index in [1.165, 1.54) is 173 Å². The Bertz CT molecular complexity index is 1660. The molecule has 0 saturated heterocycles. The zero-order chi connectivity index (χ0) is 59.9. The van der Waals surface area contributed by atoms with Gasteiger partial charge in [0.15, 0.2) is 6.10 Å². The summed E-state index contributed by atoms with van der Waals surface area (Å²) < 4.78 is 17.0. The third kappa shape index (κ3) is 68.7. The van der Waals surface area contributed by atoms with Gasteiger partial charge in [-0.15, -0.1) is 0 Å². The molecule has 0 aliphatic heterocycles. The van der Waals surface area contributed by atoms with Crippen LogP contribution < -0.4 is 0 Å². The van der Waals surface area contributed by atoms with Gasteiger partial charge in [-0.1, -0.05) is 310 Å². The van der Waals surface area contributed by atoms with Crippen molar-refractivity contribution >= 4 is 17.9 Å². The highest BCUT2D eigenvalue weighted by molar-refractivity contribution is 5.71. The van der Waals surface area contributed by atoms with Crippen LogP contribution in [0.4, 0.5) is 0 Å². The first-order valence-electron chi connectivity index (χ1n) is 35.4. The number of allylic oxidation sites excluding steroid dienone is 18. The third-order valence-electron chi connectivity index (χ3n) is 15.2. The number of hydrogen-bond donors (Lipinski definition) is 0. The van der Waals surface area contributed by atoms with Crippen LogP contribution >= 0.6 is 0 Å². The Labute approximate surface area is 514 Å². The van der Waals surface area contributed by atoms with Crippen LogP contribution in [0.2, 0.25) is 0 Å². The van der Waals surface area contributed by atoms with Gasteiger partial charge in [0.25, 0.3) is 0 Å². The molecule has 83 heavy (non-hydrogen) atoms. The number of esters is 3. The molecule has 0 saturated carbocycles. The smallest absolute Gasteiger partial charge is 0.306 e. The van der Waals surface area contributed by atoms with Crippen molar-refractivity contribution in [1.82, 2.24) is 0 Å². The SMILES string of the molecule is CC/C=C\C/C=C\C/C=C\C/C=C\CCCCCCCCCCCCCCC(=O)OC(COC(=O)CCCCCCC/C=C\C/C=C\CCC)COC(=O)CCCCCCCCCCCCCC/C=C\C/C=C\C/C=C\CCCCCCC. The van der Waals surface area contributed by atoms with E-state index >= 15 is 0 Å². The van der Waals surface area contributed by atoms with Crippen molar-refractivity contribution in [3.05, 3.63) is 109 Å². The summed E-state index contributed by atoms with van der Waals surface area (Å²) in [6, 6.07) is 0. The summed E-state index contributed by atoms with van der Waals surface area (Å²) in [4.78, 5) is 38.4. The Morgan fingerprint density at radius 3 is 0.783 bits per heavy atom. The first kappa shape index (κ1) is 79.1. The van der Waals surface area contributed by atoms with E-state index in [2.05, 4.69) is 130 Å². The minimum atomic E-state index is -0.789. The van der Waals surface area contributed by atoms with Crippen molar-refractivity contribution < 1.29 is 28.6 Å². The minimum absolute atomic E-state index is 0.0833. The molecule has 0 aliphatic carbocycles. The molecule has 0 amide bonds. The molecule has 0 fully saturated rings. The second-order valence-corrected chi connectivity index (χ2v) is 23.4. The molecule has 0 aliphatic rings. The van der Waals surface area contributed by atoms with Crippen molar-refractivity contribution in [2.45, 2.75) is 348 Å². The normalized spacial score (nSPS) is 12.8. The number of unbranched alkanes of at least 4 members (excludes halogenated alkanes) is 35. The summed E-state index contributed by atoms with van der Waals surface area (Å²) in [5.74, 6) is -0.889. The standard InChI is InChI=1S/C77H132O6/c1-4-7-10-13-16-19-22-25-27-29-31-33-35-37-38-40-41-43-45-47-49-52-55-58-61-64-67-70-76(79)82-73-74(72-81-75(78)69-66-63-60-57-54-51-24-21-18-15-12-9-6-3)83-77(80)71-68-65-62-59-56-53-50-48-46-44-42-39-36-34-32-30-28-26-23-20-17-14-11-8-5-2/h8,11-12,15,17,20-22,24-26,28-29,31-32,34-35,37,74H,4-7,9-10,13-14,16,18-19,23,27,30,33,36,38-73H2,1-3H3/b11-8-,15-12-,20-17-,24-21-,25-22-,28-26-,31-29-,34-32-,37-35-. The zero-order valence-electron chi connectivity index (χ0n) is 54.7. The van der Waals surface area contributed by atoms with Crippen LogP contribution in [0.15, 0.2) is 109 Å². The van der Waals surface area contributed by atoms with E-state index in [1.807, 2.05) is 0 Å². The Morgan fingerprint density at radius 2 is 0.494 bits per heavy atom. The van der Waals surface area contributed by atoms with Crippen molar-refractivity contribution in [2.75, 3.05) is 13.2 Å². The van der Waals surface area contributed by atoms with Crippen LogP contribution in [-0.2, 0) is 28.6 Å². The molecule has 0 aromatic heterocycles. The Morgan fingerprint density at radius 1 is 0.253 bits per heavy atom. The van der Waals surface area contributed by atoms with Gasteiger partial charge in [0, 0.05) is 19.3 Å². The minimum Gasteiger partial charge on any atom is -0.462 e. The van der Waals surface area contributed by atoms with E-state index in [9.17, 15) is 14.4 Å². The lowest BCUT2D eigenvalue weighted by Crippen LogP contribution is -2.30. The summed E-state index contributed by atoms with van der Waals surface area (Å²) in [5.41, 5.74) is 0. The second-order valence-electron chi connectivity index (χ2n) is 23.4. The first-order chi connectivity index (χ1) is 41.0. The van der Waals surface area contributed by atoms with E-state index in [4.69, 9.17) is 14.2 Å². The van der Waals surface area contributed by atoms with Gasteiger partial charge in [-0.05, 0) is 122 Å². The molecule has 0 bridgehead atoms. The summed E-state index contributed by atoms with van der Waals surface area (Å²) in [6.45, 7) is 6.47. The Kier molecular flexibility index (Phi) is 67.2. The van der Waals surface area contributed by atoms with Gasteiger partial charge in [-0.3, -0.25) is 14.4 Å². The molecule has 0 N–H and O–H groups in total. The lowest BCUT2D eigenvalue weighted by molar-refractivity contribution is -0.167. The molecule has 0 spiro atoms. The van der Waals surface area contributed by atoms with Gasteiger partial charge >= 0.3 is 17.9 Å². The number of hydrogen-bond acceptors (Lipinski definition) is 6. The molecule has 6 heteroatoms. The topological polar surface area (TPSA) is 78.9 Å². The van der Waals surface area contributed by atoms with Gasteiger partial charge in [-0.2, -0.15) is 0 Å². The molecular weight excluding hydrogens is 1020 g/mol. The molecule has 0 heterocycles. The molecule has 0 radical (unpaired) electrons. The molecule has 0 aromatic rings. The zero-order valence-corrected chi connectivity index (χ0v) is 54.7. The average molecular weight is 1150 g/mol. The van der Waals surface area contributed by atoms with E-state index in [0.29, 0.717) is 19.3 Å². The van der Waals surface area contributed by atoms with Gasteiger partial charge < -0.3 is 14.2 Å². The second kappa shape index (κ2) is 70.6. The van der Waals surface area contributed by atoms with Crippen molar-refractivity contribution in [3.8, 4) is 0 Å². The van der Waals surface area contributed by atoms with E-state index < -0.39 is 6.10 Å². The predicted octanol–water partition coefficient (Wildman–Crippen LogP) is 24.6. The fraction of sp³-hybridized carbons (Fsp3) is 0.727. The summed E-state index contributed by atoms with van der Waals surface area (Å²) in [7, 11) is 0. The van der Waals surface area contributed by atoms with Crippen LogP contribution in [0.1, 0.15) is 342 Å². The van der Waals surface area contributed by atoms with Crippen LogP contribution in [0.3, 0.4) is 0 Å². The van der Waals surface area contributed by atoms with Gasteiger partial charge in [-0.25, -0.2) is 0 Å². The summed E-state index contributed by atoms with van der Waals surface area (Å²) in [6.07, 6.45) is 96.8. The molecule has 476 valence electrons. The molecule has 1 atom stereocenters. The Balaban J connectivity index is 4.29. The lowest BCUT2D eigenvalue weighted by atomic mass is 10.0. The van der Waals surface area contributed by atoms with Gasteiger partial charge in [0.2, 0.25) is 0 Å². The summed E-state index contributed by atoms with van der Waals surface area (Å²) >= 11 is 0. The Hall–Kier alpha value is -3.93. The molecule has 1 unspecified atom stereocenters. The number of carbonyl (C=O) groups excluding carboxylic acids is 3. The van der Waals surface area contributed by atoms with Gasteiger partial charge in [0.05, 0.1) is 0 Å². The number of carbonyl (C=O) groups is 3. The number of rotatable bonds is 64. The van der Waals surface area contributed by atoms with Crippen molar-refractivity contribution in [3.63, 3.8) is 0 Å². The lowest BCUT2D eigenvalue weighted by Gasteiger charge is -2.18. The maximum absolute atomic E-state index is 13.0. The molecular formula is C77H132O6. The third-order valence-corrected chi connectivity index (χ3v) is 15.2. The largest absolute Gasteiger partial charge is 0.462 e. The van der Waals surface area contributed by atoms with Gasteiger partial charge in [0.1, 0.15) is 13.2 Å². The highest BCUT2D eigenvalue weighted by Gasteiger charge is 2.19. The van der Waals surface area contributed by atoms with Crippen molar-refractivity contribution in [1.29, 1.82) is 0 Å².